The standard InChI is InChI=1S/C51H35NOS/c1-51(2)45-20-9-6-15-37(45)38-28-27-35(31-46(38)51)52(34-25-23-33(24-26-34)32-13-4-3-5-14-32)36-29-43-40-17-8-11-22-48(40)54-50(43)44(30-36)42-19-12-18-41-39-16-7-10-21-47(39)53-49(41)42/h3-31H,1-2H3. The van der Waals surface area contributed by atoms with Gasteiger partial charge in [-0.2, -0.15) is 0 Å². The van der Waals surface area contributed by atoms with Crippen LogP contribution >= 0.6 is 11.3 Å². The van der Waals surface area contributed by atoms with Gasteiger partial charge in [0.15, 0.2) is 0 Å². The van der Waals surface area contributed by atoms with Gasteiger partial charge in [-0.1, -0.05) is 141 Å². The minimum atomic E-state index is -0.125. The fourth-order valence-electron chi connectivity index (χ4n) is 8.81. The van der Waals surface area contributed by atoms with Crippen molar-refractivity contribution in [1.29, 1.82) is 0 Å². The highest BCUT2D eigenvalue weighted by atomic mass is 32.1. The van der Waals surface area contributed by atoms with Crippen molar-refractivity contribution in [2.24, 2.45) is 0 Å². The minimum Gasteiger partial charge on any atom is -0.455 e. The monoisotopic (exact) mass is 709 g/mol. The predicted molar refractivity (Wildman–Crippen MR) is 230 cm³/mol. The van der Waals surface area contributed by atoms with E-state index in [1.54, 1.807) is 0 Å². The number of rotatable bonds is 5. The second kappa shape index (κ2) is 11.8. The zero-order chi connectivity index (χ0) is 36.0. The largest absolute Gasteiger partial charge is 0.455 e. The molecular weight excluding hydrogens is 675 g/mol. The SMILES string of the molecule is CC1(C)c2ccccc2-c2ccc(N(c3ccc(-c4ccccc4)cc3)c3cc(-c4cccc5c4oc4ccccc45)c4sc5ccccc5c4c3)cc21. The average Bonchev–Trinajstić information content (AvgIpc) is 3.86. The lowest BCUT2D eigenvalue weighted by molar-refractivity contribution is 0.660. The molecule has 0 saturated heterocycles. The highest BCUT2D eigenvalue weighted by Gasteiger charge is 2.36. The molecule has 0 radical (unpaired) electrons. The molecule has 0 bridgehead atoms. The molecular formula is C51H35NOS. The van der Waals surface area contributed by atoms with Gasteiger partial charge in [-0.15, -0.1) is 11.3 Å². The summed E-state index contributed by atoms with van der Waals surface area (Å²) in [4.78, 5) is 2.45. The van der Waals surface area contributed by atoms with E-state index in [-0.39, 0.29) is 5.41 Å². The highest BCUT2D eigenvalue weighted by Crippen LogP contribution is 2.52. The first-order valence-electron chi connectivity index (χ1n) is 18.6. The van der Waals surface area contributed by atoms with Crippen LogP contribution < -0.4 is 4.90 Å². The Morgan fingerprint density at radius 2 is 1.11 bits per heavy atom. The van der Waals surface area contributed by atoms with Crippen LogP contribution in [0.25, 0.3) is 75.5 Å². The van der Waals surface area contributed by atoms with E-state index in [0.29, 0.717) is 0 Å². The maximum Gasteiger partial charge on any atom is 0.143 e. The number of fused-ring (bicyclic) bond motifs is 9. The summed E-state index contributed by atoms with van der Waals surface area (Å²) in [7, 11) is 0. The van der Waals surface area contributed by atoms with Gasteiger partial charge >= 0.3 is 0 Å². The van der Waals surface area contributed by atoms with E-state index in [0.717, 1.165) is 44.6 Å². The molecule has 256 valence electrons. The van der Waals surface area contributed by atoms with Gasteiger partial charge in [-0.25, -0.2) is 0 Å². The molecule has 3 heteroatoms. The normalized spacial score (nSPS) is 13.1. The average molecular weight is 710 g/mol. The molecule has 0 fully saturated rings. The van der Waals surface area contributed by atoms with Crippen molar-refractivity contribution in [3.63, 3.8) is 0 Å². The quantitative estimate of drug-likeness (QED) is 0.177. The van der Waals surface area contributed by atoms with Gasteiger partial charge in [-0.05, 0) is 81.9 Å². The third-order valence-corrected chi connectivity index (χ3v) is 12.7. The smallest absolute Gasteiger partial charge is 0.143 e. The number of benzene rings is 8. The van der Waals surface area contributed by atoms with Gasteiger partial charge in [0.1, 0.15) is 11.2 Å². The predicted octanol–water partition coefficient (Wildman–Crippen LogP) is 15.1. The summed E-state index contributed by atoms with van der Waals surface area (Å²) >= 11 is 1.86. The topological polar surface area (TPSA) is 16.4 Å². The number of anilines is 3. The summed E-state index contributed by atoms with van der Waals surface area (Å²) in [6, 6.07) is 64.1. The van der Waals surface area contributed by atoms with Crippen LogP contribution in [0.2, 0.25) is 0 Å². The van der Waals surface area contributed by atoms with Crippen molar-refractivity contribution < 1.29 is 4.42 Å². The third-order valence-electron chi connectivity index (χ3n) is 11.5. The highest BCUT2D eigenvalue weighted by molar-refractivity contribution is 7.26. The molecule has 1 aliphatic rings. The van der Waals surface area contributed by atoms with Crippen LogP contribution in [0.3, 0.4) is 0 Å². The molecule has 2 aromatic heterocycles. The summed E-state index contributed by atoms with van der Waals surface area (Å²) in [6.07, 6.45) is 0. The number of hydrogen-bond acceptors (Lipinski definition) is 3. The third kappa shape index (κ3) is 4.65. The van der Waals surface area contributed by atoms with Crippen LogP contribution in [0, 0.1) is 0 Å². The van der Waals surface area contributed by atoms with Crippen molar-refractivity contribution in [3.05, 3.63) is 187 Å². The fourth-order valence-corrected chi connectivity index (χ4v) is 10.0. The van der Waals surface area contributed by atoms with Gasteiger partial charge in [0.05, 0.1) is 0 Å². The number of nitrogens with zero attached hydrogens (tertiary/aromatic N) is 1. The Morgan fingerprint density at radius 1 is 0.444 bits per heavy atom. The van der Waals surface area contributed by atoms with Crippen LogP contribution in [0.5, 0.6) is 0 Å². The Labute approximate surface area is 318 Å². The first-order valence-corrected chi connectivity index (χ1v) is 19.4. The molecule has 0 spiro atoms. The molecule has 54 heavy (non-hydrogen) atoms. The molecule has 0 atom stereocenters. The summed E-state index contributed by atoms with van der Waals surface area (Å²) < 4.78 is 9.22. The second-order valence-electron chi connectivity index (χ2n) is 14.9. The van der Waals surface area contributed by atoms with Crippen LogP contribution in [-0.2, 0) is 5.41 Å². The Hall–Kier alpha value is -6.42. The van der Waals surface area contributed by atoms with E-state index in [1.807, 2.05) is 17.4 Å². The summed E-state index contributed by atoms with van der Waals surface area (Å²) in [5, 5.41) is 4.79. The van der Waals surface area contributed by atoms with E-state index in [4.69, 9.17) is 4.42 Å². The molecule has 8 aromatic carbocycles. The molecule has 0 aliphatic heterocycles. The van der Waals surface area contributed by atoms with E-state index in [2.05, 4.69) is 189 Å². The van der Waals surface area contributed by atoms with Crippen LogP contribution in [0.4, 0.5) is 17.1 Å². The van der Waals surface area contributed by atoms with Crippen molar-refractivity contribution >= 4 is 70.5 Å². The van der Waals surface area contributed by atoms with Crippen molar-refractivity contribution in [3.8, 4) is 33.4 Å². The van der Waals surface area contributed by atoms with E-state index < -0.39 is 0 Å². The van der Waals surface area contributed by atoms with Gasteiger partial charge in [0.25, 0.3) is 0 Å². The van der Waals surface area contributed by atoms with E-state index >= 15 is 0 Å². The molecule has 0 unspecified atom stereocenters. The zero-order valence-corrected chi connectivity index (χ0v) is 30.8. The van der Waals surface area contributed by atoms with E-state index in [1.165, 1.54) is 59.1 Å². The molecule has 0 amide bonds. The zero-order valence-electron chi connectivity index (χ0n) is 30.0. The number of thiophene rings is 1. The Morgan fingerprint density at radius 3 is 1.98 bits per heavy atom. The molecule has 10 aromatic rings. The number of furan rings is 1. The lowest BCUT2D eigenvalue weighted by Gasteiger charge is -2.29. The van der Waals surface area contributed by atoms with Crippen LogP contribution in [-0.4, -0.2) is 0 Å². The molecule has 2 nitrogen and oxygen atoms in total. The van der Waals surface area contributed by atoms with Crippen molar-refractivity contribution in [1.82, 2.24) is 0 Å². The first kappa shape index (κ1) is 31.1. The second-order valence-corrected chi connectivity index (χ2v) is 15.9. The van der Waals surface area contributed by atoms with Crippen molar-refractivity contribution in [2.45, 2.75) is 19.3 Å². The summed E-state index contributed by atoms with van der Waals surface area (Å²) in [5.41, 5.74) is 15.1. The van der Waals surface area contributed by atoms with Gasteiger partial charge in [-0.3, -0.25) is 0 Å². The number of hydrogen-bond donors (Lipinski definition) is 0. The van der Waals surface area contributed by atoms with Gasteiger partial charge in [0.2, 0.25) is 0 Å². The van der Waals surface area contributed by atoms with Gasteiger partial charge < -0.3 is 9.32 Å². The van der Waals surface area contributed by atoms with Crippen molar-refractivity contribution in [2.75, 3.05) is 4.90 Å². The van der Waals surface area contributed by atoms with E-state index in [9.17, 15) is 0 Å². The molecule has 2 heterocycles. The molecule has 11 rings (SSSR count). The van der Waals surface area contributed by atoms with Crippen LogP contribution in [0.1, 0.15) is 25.0 Å². The van der Waals surface area contributed by atoms with Gasteiger partial charge in [0, 0.05) is 64.5 Å². The molecule has 0 saturated carbocycles. The maximum atomic E-state index is 6.68. The Balaban J connectivity index is 1.18. The minimum absolute atomic E-state index is 0.125. The summed E-state index contributed by atoms with van der Waals surface area (Å²) in [6.45, 7) is 4.71. The van der Waals surface area contributed by atoms with Crippen LogP contribution in [0.15, 0.2) is 180 Å². The fraction of sp³-hybridized carbons (Fsp3) is 0.0588. The lowest BCUT2D eigenvalue weighted by Crippen LogP contribution is -2.16. The molecule has 0 N–H and O–H groups in total. The Bertz CT molecular complexity index is 3080. The summed E-state index contributed by atoms with van der Waals surface area (Å²) in [5.74, 6) is 0. The maximum absolute atomic E-state index is 6.68. The Kier molecular flexibility index (Phi) is 6.80. The number of para-hydroxylation sites is 2. The molecule has 1 aliphatic carbocycles. The first-order chi connectivity index (χ1) is 26.5. The lowest BCUT2D eigenvalue weighted by atomic mass is 9.82.